The zero-order valence-electron chi connectivity index (χ0n) is 22.9. The second-order valence-corrected chi connectivity index (χ2v) is 10.5. The number of alkyl halides is 3. The summed E-state index contributed by atoms with van der Waals surface area (Å²) in [6.07, 6.45) is -1.25. The highest BCUT2D eigenvalue weighted by atomic mass is 35.5. The maximum absolute atomic E-state index is 15.1. The van der Waals surface area contributed by atoms with Crippen molar-refractivity contribution in [2.45, 2.75) is 43.9 Å². The van der Waals surface area contributed by atoms with Crippen molar-refractivity contribution in [3.05, 3.63) is 112 Å². The first-order valence-electron chi connectivity index (χ1n) is 13.4. The number of nitriles is 1. The first kappa shape index (κ1) is 31.7. The quantitative estimate of drug-likeness (QED) is 0.188. The van der Waals surface area contributed by atoms with Crippen molar-refractivity contribution in [3.8, 4) is 11.8 Å². The van der Waals surface area contributed by atoms with Crippen LogP contribution in [0.2, 0.25) is 0 Å². The van der Waals surface area contributed by atoms with Gasteiger partial charge in [-0.3, -0.25) is 4.79 Å². The number of aromatic nitrogens is 2. The summed E-state index contributed by atoms with van der Waals surface area (Å²) in [5.41, 5.74) is 12.1. The fraction of sp³-hybridized carbons (Fsp3) is 0.258. The predicted octanol–water partition coefficient (Wildman–Crippen LogP) is 6.43. The molecule has 12 heteroatoms. The highest BCUT2D eigenvalue weighted by Gasteiger charge is 2.37. The molecule has 1 aromatic heterocycles. The third-order valence-corrected chi connectivity index (χ3v) is 7.53. The zero-order chi connectivity index (χ0) is 30.1. The number of anilines is 1. The molecule has 1 aliphatic carbocycles. The van der Waals surface area contributed by atoms with E-state index >= 15 is 4.39 Å². The van der Waals surface area contributed by atoms with Gasteiger partial charge >= 0.3 is 6.18 Å². The van der Waals surface area contributed by atoms with Crippen molar-refractivity contribution in [3.63, 3.8) is 0 Å². The Morgan fingerprint density at radius 2 is 1.74 bits per heavy atom. The van der Waals surface area contributed by atoms with E-state index in [1.54, 1.807) is 36.4 Å². The Hall–Kier alpha value is -4.24. The van der Waals surface area contributed by atoms with Gasteiger partial charge < -0.3 is 16.8 Å². The number of nitrogens with zero attached hydrogens (tertiary/aromatic N) is 3. The smallest absolute Gasteiger partial charge is 0.326 e. The van der Waals surface area contributed by atoms with Crippen LogP contribution in [0, 0.1) is 23.1 Å². The number of nitrogens with one attached hydrogen (secondary N) is 1. The van der Waals surface area contributed by atoms with Crippen LogP contribution in [-0.2, 0) is 18.3 Å². The van der Waals surface area contributed by atoms with E-state index in [0.29, 0.717) is 40.7 Å². The number of rotatable bonds is 9. The molecule has 224 valence electrons. The summed E-state index contributed by atoms with van der Waals surface area (Å²) in [6, 6.07) is 19.9. The van der Waals surface area contributed by atoms with Crippen LogP contribution >= 0.6 is 12.4 Å². The van der Waals surface area contributed by atoms with Crippen molar-refractivity contribution in [2.75, 3.05) is 5.32 Å². The molecule has 5 rings (SSSR count). The van der Waals surface area contributed by atoms with Gasteiger partial charge in [0.15, 0.2) is 5.69 Å². The van der Waals surface area contributed by atoms with E-state index in [-0.39, 0.29) is 30.3 Å². The highest BCUT2D eigenvalue weighted by Crippen LogP contribution is 2.40. The Bertz CT molecular complexity index is 1660. The molecule has 1 atom stereocenters. The molecule has 1 aliphatic rings. The lowest BCUT2D eigenvalue weighted by molar-refractivity contribution is -0.141. The van der Waals surface area contributed by atoms with Crippen LogP contribution in [0.25, 0.3) is 5.69 Å². The average molecular weight is 613 g/mol. The standard InChI is InChI=1S/C31H28F4N6O.ClH/c32-25-11-10-23(30(38,13-12-19-4-5-19)22-8-6-20(17-36)7-9-22)15-26(25)39-29(42)27-16-28(31(33,34)35)40-41(27)24-3-1-2-21(14-24)18-37;/h1-3,6-11,14-16,19H,4-5,12-13,18,37-38H2,(H,39,42);1H. The molecule has 5 N–H and O–H groups in total. The van der Waals surface area contributed by atoms with Crippen LogP contribution in [0.5, 0.6) is 0 Å². The van der Waals surface area contributed by atoms with Gasteiger partial charge in [-0.05, 0) is 71.8 Å². The van der Waals surface area contributed by atoms with Crippen LogP contribution < -0.4 is 16.8 Å². The first-order chi connectivity index (χ1) is 20.0. The Morgan fingerprint density at radius 3 is 2.37 bits per heavy atom. The molecule has 4 aromatic rings. The van der Waals surface area contributed by atoms with Crippen LogP contribution in [0.1, 0.15) is 64.1 Å². The largest absolute Gasteiger partial charge is 0.435 e. The Balaban J connectivity index is 0.00000423. The lowest BCUT2D eigenvalue weighted by Gasteiger charge is -2.31. The molecular formula is C31H29ClF4N6O. The Morgan fingerprint density at radius 1 is 1.05 bits per heavy atom. The molecule has 1 amide bonds. The number of amides is 1. The van der Waals surface area contributed by atoms with Gasteiger partial charge in [0.25, 0.3) is 5.91 Å². The van der Waals surface area contributed by atoms with Crippen LogP contribution in [-0.4, -0.2) is 15.7 Å². The molecular weight excluding hydrogens is 584 g/mol. The molecule has 1 unspecified atom stereocenters. The van der Waals surface area contributed by atoms with Gasteiger partial charge in [0.1, 0.15) is 11.5 Å². The second kappa shape index (κ2) is 12.6. The minimum Gasteiger partial charge on any atom is -0.326 e. The number of carbonyl (C=O) groups is 1. The van der Waals surface area contributed by atoms with Gasteiger partial charge in [0.2, 0.25) is 0 Å². The minimum atomic E-state index is -4.82. The van der Waals surface area contributed by atoms with E-state index in [2.05, 4.69) is 16.5 Å². The topological polar surface area (TPSA) is 123 Å². The molecule has 0 aliphatic heterocycles. The number of nitrogens with two attached hydrogens (primary N) is 2. The number of halogens is 5. The van der Waals surface area contributed by atoms with E-state index in [1.807, 2.05) is 0 Å². The van der Waals surface area contributed by atoms with E-state index in [1.165, 1.54) is 24.3 Å². The Kier molecular flexibility index (Phi) is 9.25. The van der Waals surface area contributed by atoms with Gasteiger partial charge in [-0.2, -0.15) is 23.5 Å². The number of benzene rings is 3. The summed E-state index contributed by atoms with van der Waals surface area (Å²) >= 11 is 0. The SMILES string of the molecule is Cl.N#Cc1ccc(C(N)(CCC2CC2)c2ccc(F)c(NC(=O)c3cc(C(F)(F)F)nn3-c3cccc(CN)c3)c2)cc1. The number of hydrogen-bond acceptors (Lipinski definition) is 5. The van der Waals surface area contributed by atoms with Crippen molar-refractivity contribution in [1.29, 1.82) is 5.26 Å². The normalized spacial score (nSPS) is 14.3. The first-order valence-corrected chi connectivity index (χ1v) is 13.4. The highest BCUT2D eigenvalue weighted by molar-refractivity contribution is 6.03. The summed E-state index contributed by atoms with van der Waals surface area (Å²) < 4.78 is 56.7. The summed E-state index contributed by atoms with van der Waals surface area (Å²) in [7, 11) is 0. The number of hydrogen-bond donors (Lipinski definition) is 3. The molecule has 0 bridgehead atoms. The van der Waals surface area contributed by atoms with Crippen molar-refractivity contribution in [1.82, 2.24) is 9.78 Å². The van der Waals surface area contributed by atoms with Crippen molar-refractivity contribution >= 4 is 24.0 Å². The van der Waals surface area contributed by atoms with Crippen molar-refractivity contribution in [2.24, 2.45) is 17.4 Å². The van der Waals surface area contributed by atoms with Crippen LogP contribution in [0.15, 0.2) is 72.8 Å². The van der Waals surface area contributed by atoms with E-state index in [0.717, 1.165) is 30.0 Å². The molecule has 1 fully saturated rings. The van der Waals surface area contributed by atoms with E-state index in [4.69, 9.17) is 11.5 Å². The molecule has 3 aromatic carbocycles. The zero-order valence-corrected chi connectivity index (χ0v) is 23.7. The predicted molar refractivity (Wildman–Crippen MR) is 156 cm³/mol. The summed E-state index contributed by atoms with van der Waals surface area (Å²) in [5, 5.41) is 15.3. The molecule has 0 saturated heterocycles. The molecule has 0 radical (unpaired) electrons. The van der Waals surface area contributed by atoms with Gasteiger partial charge in [-0.25, -0.2) is 9.07 Å². The summed E-state index contributed by atoms with van der Waals surface area (Å²) in [5.74, 6) is -1.23. The van der Waals surface area contributed by atoms with E-state index in [9.17, 15) is 23.2 Å². The molecule has 43 heavy (non-hydrogen) atoms. The maximum atomic E-state index is 15.1. The fourth-order valence-corrected chi connectivity index (χ4v) is 4.91. The molecule has 1 heterocycles. The van der Waals surface area contributed by atoms with Gasteiger partial charge in [-0.15, -0.1) is 12.4 Å². The van der Waals surface area contributed by atoms with Crippen molar-refractivity contribution < 1.29 is 22.4 Å². The number of carbonyl (C=O) groups excluding carboxylic acids is 1. The van der Waals surface area contributed by atoms with Gasteiger partial charge in [-0.1, -0.05) is 43.2 Å². The monoisotopic (exact) mass is 612 g/mol. The van der Waals surface area contributed by atoms with Crippen LogP contribution in [0.3, 0.4) is 0 Å². The van der Waals surface area contributed by atoms with Gasteiger partial charge in [0, 0.05) is 12.6 Å². The third kappa shape index (κ3) is 6.88. The lowest BCUT2D eigenvalue weighted by atomic mass is 9.79. The molecule has 1 saturated carbocycles. The summed E-state index contributed by atoms with van der Waals surface area (Å²) in [6.45, 7) is 0.127. The van der Waals surface area contributed by atoms with Gasteiger partial charge in [0.05, 0.1) is 28.5 Å². The van der Waals surface area contributed by atoms with Crippen LogP contribution in [0.4, 0.5) is 23.2 Å². The minimum absolute atomic E-state index is 0. The molecule has 0 spiro atoms. The maximum Gasteiger partial charge on any atom is 0.435 e. The van der Waals surface area contributed by atoms with E-state index < -0.39 is 34.8 Å². The fourth-order valence-electron chi connectivity index (χ4n) is 4.91. The average Bonchev–Trinajstić information content (AvgIpc) is 3.70. The third-order valence-electron chi connectivity index (χ3n) is 7.53. The molecule has 7 nitrogen and oxygen atoms in total. The lowest BCUT2D eigenvalue weighted by Crippen LogP contribution is -2.38. The second-order valence-electron chi connectivity index (χ2n) is 10.5. The Labute approximate surface area is 251 Å². The summed E-state index contributed by atoms with van der Waals surface area (Å²) in [4.78, 5) is 13.4.